The van der Waals surface area contributed by atoms with E-state index in [-0.39, 0.29) is 0 Å². The Kier molecular flexibility index (Phi) is 4.42. The van der Waals surface area contributed by atoms with Gasteiger partial charge < -0.3 is 9.63 Å². The minimum absolute atomic E-state index is 0.422. The molecule has 20 heavy (non-hydrogen) atoms. The molecule has 6 heteroatoms. The van der Waals surface area contributed by atoms with Crippen molar-refractivity contribution in [2.45, 2.75) is 58.5 Å². The van der Waals surface area contributed by atoms with Crippen molar-refractivity contribution in [3.8, 4) is 0 Å². The molecule has 1 aromatic heterocycles. The van der Waals surface area contributed by atoms with Crippen molar-refractivity contribution in [1.29, 1.82) is 0 Å². The number of rotatable bonds is 6. The summed E-state index contributed by atoms with van der Waals surface area (Å²) in [6.45, 7) is 7.31. The first kappa shape index (κ1) is 15.0. The first-order valence-corrected chi connectivity index (χ1v) is 7.28. The number of carbonyl (C=O) groups is 1. The maximum atomic E-state index is 11.6. The topological polar surface area (TPSA) is 79.5 Å². The van der Waals surface area contributed by atoms with Gasteiger partial charge in [-0.2, -0.15) is 4.98 Å². The van der Waals surface area contributed by atoms with E-state index in [0.29, 0.717) is 37.0 Å². The quantitative estimate of drug-likeness (QED) is 0.860. The number of aliphatic carboxylic acids is 1. The highest BCUT2D eigenvalue weighted by Crippen LogP contribution is 2.33. The number of nitrogens with zero attached hydrogens (tertiary/aromatic N) is 3. The van der Waals surface area contributed by atoms with Crippen molar-refractivity contribution in [3.63, 3.8) is 0 Å². The molecule has 0 aromatic carbocycles. The first-order valence-electron chi connectivity index (χ1n) is 7.28. The number of carboxylic acids is 1. The van der Waals surface area contributed by atoms with E-state index in [1.54, 1.807) is 0 Å². The van der Waals surface area contributed by atoms with Crippen molar-refractivity contribution in [2.24, 2.45) is 5.92 Å². The van der Waals surface area contributed by atoms with Gasteiger partial charge in [0.15, 0.2) is 5.82 Å². The molecule has 0 aliphatic carbocycles. The average molecular weight is 281 g/mol. The Bertz CT molecular complexity index is 472. The van der Waals surface area contributed by atoms with Crippen molar-refractivity contribution in [2.75, 3.05) is 6.54 Å². The molecule has 0 spiro atoms. The lowest BCUT2D eigenvalue weighted by Gasteiger charge is -2.32. The molecule has 1 aliphatic heterocycles. The highest BCUT2D eigenvalue weighted by atomic mass is 16.5. The lowest BCUT2D eigenvalue weighted by Crippen LogP contribution is -2.49. The first-order chi connectivity index (χ1) is 9.48. The van der Waals surface area contributed by atoms with Gasteiger partial charge in [-0.05, 0) is 31.7 Å². The van der Waals surface area contributed by atoms with Gasteiger partial charge in [-0.15, -0.1) is 0 Å². The van der Waals surface area contributed by atoms with E-state index in [1.165, 1.54) is 0 Å². The van der Waals surface area contributed by atoms with Crippen molar-refractivity contribution in [1.82, 2.24) is 15.0 Å². The van der Waals surface area contributed by atoms with Crippen LogP contribution in [0.2, 0.25) is 0 Å². The molecule has 1 unspecified atom stereocenters. The summed E-state index contributed by atoms with van der Waals surface area (Å²) in [7, 11) is 0. The van der Waals surface area contributed by atoms with E-state index in [0.717, 1.165) is 19.4 Å². The number of hydrogen-bond donors (Lipinski definition) is 1. The second kappa shape index (κ2) is 5.91. The Balaban J connectivity index is 2.08. The normalized spacial score (nSPS) is 23.6. The van der Waals surface area contributed by atoms with Gasteiger partial charge in [0, 0.05) is 6.42 Å². The predicted molar refractivity (Wildman–Crippen MR) is 73.1 cm³/mol. The third kappa shape index (κ3) is 2.85. The zero-order chi connectivity index (χ0) is 14.8. The lowest BCUT2D eigenvalue weighted by atomic mass is 9.93. The number of hydrogen-bond acceptors (Lipinski definition) is 5. The fraction of sp³-hybridized carbons (Fsp3) is 0.786. The summed E-state index contributed by atoms with van der Waals surface area (Å²) >= 11 is 0. The molecule has 1 aromatic rings. The standard InChI is InChI=1S/C14H23N3O3/c1-4-14(13(18)19)6-5-7-17(14)9-12-15-11(16-20-12)8-10(2)3/h10H,4-9H2,1-3H3,(H,18,19). The Morgan fingerprint density at radius 2 is 2.30 bits per heavy atom. The molecular formula is C14H23N3O3. The van der Waals surface area contributed by atoms with Crippen LogP contribution in [0.25, 0.3) is 0 Å². The van der Waals surface area contributed by atoms with Gasteiger partial charge in [0.1, 0.15) is 5.54 Å². The molecule has 0 saturated carbocycles. The van der Waals surface area contributed by atoms with Gasteiger partial charge in [0.25, 0.3) is 0 Å². The number of likely N-dealkylation sites (tertiary alicyclic amines) is 1. The predicted octanol–water partition coefficient (Wildman–Crippen LogP) is 2.10. The zero-order valence-corrected chi connectivity index (χ0v) is 12.4. The molecule has 1 N–H and O–H groups in total. The molecule has 0 bridgehead atoms. The number of carboxylic acid groups (broad SMARTS) is 1. The molecule has 0 radical (unpaired) electrons. The summed E-state index contributed by atoms with van der Waals surface area (Å²) < 4.78 is 5.25. The minimum Gasteiger partial charge on any atom is -0.480 e. The third-order valence-corrected chi connectivity index (χ3v) is 4.03. The van der Waals surface area contributed by atoms with Crippen LogP contribution >= 0.6 is 0 Å². The average Bonchev–Trinajstić information content (AvgIpc) is 2.96. The Morgan fingerprint density at radius 3 is 2.90 bits per heavy atom. The van der Waals surface area contributed by atoms with Crippen LogP contribution in [0.3, 0.4) is 0 Å². The highest BCUT2D eigenvalue weighted by molar-refractivity contribution is 5.79. The molecule has 0 amide bonds. The van der Waals surface area contributed by atoms with E-state index < -0.39 is 11.5 Å². The zero-order valence-electron chi connectivity index (χ0n) is 12.4. The monoisotopic (exact) mass is 281 g/mol. The van der Waals surface area contributed by atoms with Crippen LogP contribution in [0, 0.1) is 5.92 Å². The van der Waals surface area contributed by atoms with Crippen molar-refractivity contribution in [3.05, 3.63) is 11.7 Å². The van der Waals surface area contributed by atoms with Crippen molar-refractivity contribution < 1.29 is 14.4 Å². The lowest BCUT2D eigenvalue weighted by molar-refractivity contribution is -0.150. The van der Waals surface area contributed by atoms with E-state index in [1.807, 2.05) is 11.8 Å². The summed E-state index contributed by atoms with van der Waals surface area (Å²) in [5, 5.41) is 13.5. The maximum Gasteiger partial charge on any atom is 0.324 e. The van der Waals surface area contributed by atoms with Gasteiger partial charge in [0.05, 0.1) is 6.54 Å². The smallest absolute Gasteiger partial charge is 0.324 e. The van der Waals surface area contributed by atoms with Crippen LogP contribution in [-0.2, 0) is 17.8 Å². The summed E-state index contributed by atoms with van der Waals surface area (Å²) in [6, 6.07) is 0. The van der Waals surface area contributed by atoms with Crippen LogP contribution in [0.4, 0.5) is 0 Å². The van der Waals surface area contributed by atoms with Gasteiger partial charge >= 0.3 is 5.97 Å². The molecule has 1 aliphatic rings. The molecule has 1 fully saturated rings. The second-order valence-corrected chi connectivity index (χ2v) is 5.92. The van der Waals surface area contributed by atoms with E-state index in [4.69, 9.17) is 4.52 Å². The summed E-state index contributed by atoms with van der Waals surface area (Å²) in [4.78, 5) is 17.9. The molecule has 1 atom stereocenters. The van der Waals surface area contributed by atoms with Crippen LogP contribution in [0.5, 0.6) is 0 Å². The molecule has 6 nitrogen and oxygen atoms in total. The second-order valence-electron chi connectivity index (χ2n) is 5.92. The van der Waals surface area contributed by atoms with Gasteiger partial charge in [-0.1, -0.05) is 25.9 Å². The minimum atomic E-state index is -0.771. The highest BCUT2D eigenvalue weighted by Gasteiger charge is 2.46. The van der Waals surface area contributed by atoms with Crippen molar-refractivity contribution >= 4 is 5.97 Å². The van der Waals surface area contributed by atoms with E-state index in [2.05, 4.69) is 24.0 Å². The van der Waals surface area contributed by atoms with Crippen LogP contribution in [0.15, 0.2) is 4.52 Å². The Hall–Kier alpha value is -1.43. The summed E-state index contributed by atoms with van der Waals surface area (Å²) in [5.74, 6) is 0.939. The fourth-order valence-corrected chi connectivity index (χ4v) is 2.92. The van der Waals surface area contributed by atoms with Gasteiger partial charge in [0.2, 0.25) is 5.89 Å². The Labute approximate surface area is 119 Å². The number of aromatic nitrogens is 2. The van der Waals surface area contributed by atoms with Gasteiger partial charge in [-0.3, -0.25) is 9.69 Å². The SMILES string of the molecule is CCC1(C(=O)O)CCCN1Cc1nc(CC(C)C)no1. The molecule has 2 heterocycles. The fourth-order valence-electron chi connectivity index (χ4n) is 2.92. The van der Waals surface area contributed by atoms with E-state index in [9.17, 15) is 9.90 Å². The van der Waals surface area contributed by atoms with Gasteiger partial charge in [-0.25, -0.2) is 0 Å². The van der Waals surface area contributed by atoms with E-state index >= 15 is 0 Å². The molecule has 1 saturated heterocycles. The third-order valence-electron chi connectivity index (χ3n) is 4.03. The maximum absolute atomic E-state index is 11.6. The Morgan fingerprint density at radius 1 is 1.55 bits per heavy atom. The molecular weight excluding hydrogens is 258 g/mol. The summed E-state index contributed by atoms with van der Waals surface area (Å²) in [5.41, 5.74) is -0.771. The van der Waals surface area contributed by atoms with Crippen LogP contribution in [-0.4, -0.2) is 38.2 Å². The van der Waals surface area contributed by atoms with Crippen LogP contribution in [0.1, 0.15) is 51.7 Å². The largest absolute Gasteiger partial charge is 0.480 e. The summed E-state index contributed by atoms with van der Waals surface area (Å²) in [6.07, 6.45) is 2.95. The molecule has 2 rings (SSSR count). The molecule has 112 valence electrons. The van der Waals surface area contributed by atoms with Crippen LogP contribution < -0.4 is 0 Å².